The molecular formula is C22H28N4O3S. The highest BCUT2D eigenvalue weighted by Crippen LogP contribution is 2.49. The quantitative estimate of drug-likeness (QED) is 0.565. The first-order valence-electron chi connectivity index (χ1n) is 10.1. The highest BCUT2D eigenvalue weighted by Gasteiger charge is 2.44. The Morgan fingerprint density at radius 2 is 1.97 bits per heavy atom. The standard InChI is InChI=1S/C22H28N4O3S/c1-22(2)10-16-20(17(27)11-22)14(24-25-21(23)30)9-15-13-8-19(29-4)18(28-3)7-12(13)5-6-26(15)16/h7-8,15H,5-6,9-11H2,1-4H3,(H3,23,25,30)/b24-14+. The van der Waals surface area contributed by atoms with Gasteiger partial charge < -0.3 is 20.1 Å². The number of hydrazone groups is 1. The number of benzene rings is 1. The number of nitrogens with two attached hydrogens (primary N) is 1. The van der Waals surface area contributed by atoms with Gasteiger partial charge >= 0.3 is 0 Å². The van der Waals surface area contributed by atoms with E-state index in [9.17, 15) is 4.79 Å². The summed E-state index contributed by atoms with van der Waals surface area (Å²) in [7, 11) is 3.30. The second kappa shape index (κ2) is 7.58. The van der Waals surface area contributed by atoms with Crippen LogP contribution in [0, 0.1) is 5.41 Å². The molecule has 160 valence electrons. The Bertz CT molecular complexity index is 983. The van der Waals surface area contributed by atoms with Crippen molar-refractivity contribution in [2.45, 2.75) is 45.6 Å². The van der Waals surface area contributed by atoms with Gasteiger partial charge in [-0.1, -0.05) is 13.8 Å². The van der Waals surface area contributed by atoms with Crippen molar-refractivity contribution in [3.63, 3.8) is 0 Å². The summed E-state index contributed by atoms with van der Waals surface area (Å²) in [6, 6.07) is 4.20. The number of carbonyl (C=O) groups is 1. The Labute approximate surface area is 182 Å². The summed E-state index contributed by atoms with van der Waals surface area (Å²) >= 11 is 4.93. The van der Waals surface area contributed by atoms with E-state index in [1.807, 2.05) is 0 Å². The summed E-state index contributed by atoms with van der Waals surface area (Å²) in [6.45, 7) is 5.15. The van der Waals surface area contributed by atoms with E-state index in [4.69, 9.17) is 27.4 Å². The molecule has 7 nitrogen and oxygen atoms in total. The summed E-state index contributed by atoms with van der Waals surface area (Å²) in [5.74, 6) is 1.58. The van der Waals surface area contributed by atoms with Gasteiger partial charge in [-0.15, -0.1) is 0 Å². The van der Waals surface area contributed by atoms with Crippen LogP contribution in [0.25, 0.3) is 0 Å². The maximum absolute atomic E-state index is 13.1. The number of thiocarbonyl (C=S) groups is 1. The number of rotatable bonds is 3. The topological polar surface area (TPSA) is 89.2 Å². The molecule has 3 N–H and O–H groups in total. The molecule has 0 aromatic heterocycles. The predicted molar refractivity (Wildman–Crippen MR) is 120 cm³/mol. The molecule has 2 aliphatic heterocycles. The van der Waals surface area contributed by atoms with Crippen molar-refractivity contribution in [2.75, 3.05) is 20.8 Å². The van der Waals surface area contributed by atoms with Gasteiger partial charge in [0, 0.05) is 25.1 Å². The minimum Gasteiger partial charge on any atom is -0.493 e. The molecule has 8 heteroatoms. The van der Waals surface area contributed by atoms with Crippen LogP contribution in [0.2, 0.25) is 0 Å². The Balaban J connectivity index is 1.85. The second-order valence-corrected chi connectivity index (χ2v) is 9.31. The molecule has 1 atom stereocenters. The number of carbonyl (C=O) groups excluding carboxylic acids is 1. The van der Waals surface area contributed by atoms with E-state index in [1.54, 1.807) is 14.2 Å². The molecule has 2 heterocycles. The van der Waals surface area contributed by atoms with Crippen LogP contribution < -0.4 is 20.6 Å². The molecule has 0 saturated heterocycles. The number of methoxy groups -OCH3 is 2. The van der Waals surface area contributed by atoms with Gasteiger partial charge in [-0.2, -0.15) is 5.10 Å². The van der Waals surface area contributed by atoms with Crippen LogP contribution in [0.1, 0.15) is 50.3 Å². The lowest BCUT2D eigenvalue weighted by atomic mass is 9.71. The summed E-state index contributed by atoms with van der Waals surface area (Å²) in [5, 5.41) is 4.53. The van der Waals surface area contributed by atoms with Crippen LogP contribution in [0.15, 0.2) is 28.5 Å². The van der Waals surface area contributed by atoms with Crippen molar-refractivity contribution in [1.82, 2.24) is 10.3 Å². The van der Waals surface area contributed by atoms with Gasteiger partial charge in [0.2, 0.25) is 0 Å². The zero-order valence-electron chi connectivity index (χ0n) is 17.9. The van der Waals surface area contributed by atoms with Gasteiger partial charge in [-0.05, 0) is 53.7 Å². The molecular weight excluding hydrogens is 400 g/mol. The van der Waals surface area contributed by atoms with Crippen molar-refractivity contribution in [3.8, 4) is 11.5 Å². The monoisotopic (exact) mass is 428 g/mol. The molecule has 3 aliphatic rings. The maximum Gasteiger partial charge on any atom is 0.184 e. The van der Waals surface area contributed by atoms with Crippen molar-refractivity contribution in [2.24, 2.45) is 16.3 Å². The number of ether oxygens (including phenoxy) is 2. The summed E-state index contributed by atoms with van der Waals surface area (Å²) < 4.78 is 11.1. The molecule has 0 spiro atoms. The first kappa shape index (κ1) is 20.7. The molecule has 1 aromatic carbocycles. The first-order valence-corrected chi connectivity index (χ1v) is 10.5. The maximum atomic E-state index is 13.1. The molecule has 0 fully saturated rings. The molecule has 0 radical (unpaired) electrons. The van der Waals surface area contributed by atoms with Crippen molar-refractivity contribution in [3.05, 3.63) is 34.5 Å². The molecule has 1 aromatic rings. The lowest BCUT2D eigenvalue weighted by Gasteiger charge is -2.48. The fraction of sp³-hybridized carbons (Fsp3) is 0.500. The van der Waals surface area contributed by atoms with Crippen LogP contribution in [0.3, 0.4) is 0 Å². The molecule has 30 heavy (non-hydrogen) atoms. The third kappa shape index (κ3) is 3.53. The summed E-state index contributed by atoms with van der Waals surface area (Å²) in [5.41, 5.74) is 13.2. The average Bonchev–Trinajstić information content (AvgIpc) is 2.69. The Kier molecular flexibility index (Phi) is 5.22. The van der Waals surface area contributed by atoms with Gasteiger partial charge in [-0.25, -0.2) is 0 Å². The third-order valence-corrected chi connectivity index (χ3v) is 6.27. The SMILES string of the molecule is COc1cc2c(cc1OC)C1C/C(=N\NC(N)=S)C3=C(CC(C)(C)CC3=O)N1CC2. The second-order valence-electron chi connectivity index (χ2n) is 8.87. The number of nitrogens with zero attached hydrogens (tertiary/aromatic N) is 2. The molecule has 1 aliphatic carbocycles. The molecule has 0 saturated carbocycles. The molecule has 4 rings (SSSR count). The van der Waals surface area contributed by atoms with Crippen LogP contribution in [0.5, 0.6) is 11.5 Å². The van der Waals surface area contributed by atoms with Crippen LogP contribution in [-0.4, -0.2) is 42.3 Å². The number of hydrogen-bond donors (Lipinski definition) is 2. The van der Waals surface area contributed by atoms with E-state index in [-0.39, 0.29) is 22.4 Å². The fourth-order valence-electron chi connectivity index (χ4n) is 4.94. The minimum absolute atomic E-state index is 0.0703. The van der Waals surface area contributed by atoms with Gasteiger partial charge in [-0.3, -0.25) is 10.2 Å². The van der Waals surface area contributed by atoms with Crippen LogP contribution in [-0.2, 0) is 11.2 Å². The van der Waals surface area contributed by atoms with E-state index < -0.39 is 0 Å². The molecule has 0 amide bonds. The highest BCUT2D eigenvalue weighted by molar-refractivity contribution is 7.80. The number of allylic oxidation sites excluding steroid dienone is 2. The van der Waals surface area contributed by atoms with E-state index in [0.717, 1.165) is 42.1 Å². The van der Waals surface area contributed by atoms with Gasteiger partial charge in [0.1, 0.15) is 0 Å². The number of ketones is 1. The Hall–Kier alpha value is -2.61. The summed E-state index contributed by atoms with van der Waals surface area (Å²) in [4.78, 5) is 15.5. The lowest BCUT2D eigenvalue weighted by Crippen LogP contribution is -2.46. The number of hydrogen-bond acceptors (Lipinski definition) is 6. The zero-order valence-corrected chi connectivity index (χ0v) is 18.7. The molecule has 0 bridgehead atoms. The van der Waals surface area contributed by atoms with Gasteiger partial charge in [0.05, 0.1) is 31.5 Å². The largest absolute Gasteiger partial charge is 0.493 e. The van der Waals surface area contributed by atoms with Crippen molar-refractivity contribution < 1.29 is 14.3 Å². The predicted octanol–water partition coefficient (Wildman–Crippen LogP) is 2.84. The first-order chi connectivity index (χ1) is 14.2. The van der Waals surface area contributed by atoms with Gasteiger partial charge in [0.15, 0.2) is 22.4 Å². The number of Topliss-reactive ketones (excluding diaryl/α,β-unsaturated/α-hetero) is 1. The smallest absolute Gasteiger partial charge is 0.184 e. The van der Waals surface area contributed by atoms with Gasteiger partial charge in [0.25, 0.3) is 0 Å². The van der Waals surface area contributed by atoms with E-state index >= 15 is 0 Å². The van der Waals surface area contributed by atoms with Crippen LogP contribution in [0.4, 0.5) is 0 Å². The highest BCUT2D eigenvalue weighted by atomic mass is 32.1. The van der Waals surface area contributed by atoms with Crippen molar-refractivity contribution >= 4 is 28.8 Å². The van der Waals surface area contributed by atoms with Crippen molar-refractivity contribution in [1.29, 1.82) is 0 Å². The summed E-state index contributed by atoms with van der Waals surface area (Å²) in [6.07, 6.45) is 2.83. The third-order valence-electron chi connectivity index (χ3n) is 6.18. The van der Waals surface area contributed by atoms with Crippen LogP contribution >= 0.6 is 12.2 Å². The Morgan fingerprint density at radius 1 is 1.27 bits per heavy atom. The average molecular weight is 429 g/mol. The molecule has 1 unspecified atom stereocenters. The lowest BCUT2D eigenvalue weighted by molar-refractivity contribution is -0.118. The van der Waals surface area contributed by atoms with E-state index in [1.165, 1.54) is 11.1 Å². The Morgan fingerprint density at radius 3 is 2.63 bits per heavy atom. The number of nitrogens with one attached hydrogen (secondary N) is 1. The fourth-order valence-corrected chi connectivity index (χ4v) is 4.99. The number of fused-ring (bicyclic) bond motifs is 4. The van der Waals surface area contributed by atoms with E-state index in [2.05, 4.69) is 41.4 Å². The minimum atomic E-state index is -0.0859. The zero-order chi connectivity index (χ0) is 21.6. The normalized spacial score (nSPS) is 23.5. The van der Waals surface area contributed by atoms with E-state index in [0.29, 0.717) is 18.6 Å².